The van der Waals surface area contributed by atoms with Crippen LogP contribution in [-0.4, -0.2) is 40.1 Å². The zero-order chi connectivity index (χ0) is 23.7. The first kappa shape index (κ1) is 22.3. The molecule has 3 aromatic carbocycles. The zero-order valence-electron chi connectivity index (χ0n) is 19.0. The number of rotatable bonds is 5. The summed E-state index contributed by atoms with van der Waals surface area (Å²) in [6, 6.07) is 21.3. The number of fused-ring (bicyclic) bond motifs is 1. The van der Waals surface area contributed by atoms with E-state index in [2.05, 4.69) is 10.2 Å². The van der Waals surface area contributed by atoms with Crippen LogP contribution in [0.25, 0.3) is 0 Å². The van der Waals surface area contributed by atoms with Crippen molar-refractivity contribution >= 4 is 33.0 Å². The summed E-state index contributed by atoms with van der Waals surface area (Å²) in [5.74, 6) is -0.0331. The second kappa shape index (κ2) is 9.02. The van der Waals surface area contributed by atoms with Crippen molar-refractivity contribution in [3.05, 3.63) is 78.4 Å². The fourth-order valence-corrected chi connectivity index (χ4v) is 5.89. The number of hydrogen-bond donors (Lipinski definition) is 1. The van der Waals surface area contributed by atoms with Gasteiger partial charge < -0.3 is 15.0 Å². The number of nitrogens with zero attached hydrogens (tertiary/aromatic N) is 2. The predicted molar refractivity (Wildman–Crippen MR) is 133 cm³/mol. The van der Waals surface area contributed by atoms with E-state index in [0.717, 1.165) is 24.3 Å². The highest BCUT2D eigenvalue weighted by Gasteiger charge is 2.37. The van der Waals surface area contributed by atoms with Crippen LogP contribution in [0.4, 0.5) is 17.1 Å². The van der Waals surface area contributed by atoms with Crippen LogP contribution in [0.1, 0.15) is 18.4 Å². The second-order valence-corrected chi connectivity index (χ2v) is 10.5. The van der Waals surface area contributed by atoms with E-state index in [1.165, 1.54) is 17.1 Å². The molecule has 3 aromatic rings. The van der Waals surface area contributed by atoms with Gasteiger partial charge in [0.25, 0.3) is 15.9 Å². The molecule has 2 aliphatic rings. The van der Waals surface area contributed by atoms with Crippen LogP contribution in [0, 0.1) is 6.92 Å². The highest BCUT2D eigenvalue weighted by Crippen LogP contribution is 2.38. The first-order chi connectivity index (χ1) is 16.4. The van der Waals surface area contributed by atoms with Gasteiger partial charge in [0, 0.05) is 24.5 Å². The molecule has 1 saturated heterocycles. The zero-order valence-corrected chi connectivity index (χ0v) is 19.8. The quantitative estimate of drug-likeness (QED) is 0.596. The molecule has 8 heteroatoms. The third-order valence-electron chi connectivity index (χ3n) is 6.21. The van der Waals surface area contributed by atoms with E-state index in [1.54, 1.807) is 42.5 Å². The summed E-state index contributed by atoms with van der Waals surface area (Å²) in [6.45, 7) is 3.86. The van der Waals surface area contributed by atoms with Crippen molar-refractivity contribution < 1.29 is 17.9 Å². The summed E-state index contributed by atoms with van der Waals surface area (Å²) < 4.78 is 34.2. The topological polar surface area (TPSA) is 79.0 Å². The van der Waals surface area contributed by atoms with E-state index in [9.17, 15) is 13.2 Å². The van der Waals surface area contributed by atoms with Crippen LogP contribution in [0.2, 0.25) is 0 Å². The summed E-state index contributed by atoms with van der Waals surface area (Å²) in [5.41, 5.74) is 3.11. The Labute approximate surface area is 200 Å². The monoisotopic (exact) mass is 477 g/mol. The lowest BCUT2D eigenvalue weighted by molar-refractivity contribution is -0.122. The van der Waals surface area contributed by atoms with Crippen molar-refractivity contribution in [3.63, 3.8) is 0 Å². The van der Waals surface area contributed by atoms with Gasteiger partial charge in [-0.15, -0.1) is 0 Å². The van der Waals surface area contributed by atoms with Gasteiger partial charge in [0.2, 0.25) is 0 Å². The summed E-state index contributed by atoms with van der Waals surface area (Å²) in [4.78, 5) is 15.6. The van der Waals surface area contributed by atoms with Crippen LogP contribution < -0.4 is 19.3 Å². The van der Waals surface area contributed by atoms with Gasteiger partial charge in [-0.05, 0) is 73.9 Å². The fraction of sp³-hybridized carbons (Fsp3) is 0.269. The van der Waals surface area contributed by atoms with E-state index >= 15 is 0 Å². The first-order valence-corrected chi connectivity index (χ1v) is 12.9. The number of sulfonamides is 1. The normalized spacial score (nSPS) is 17.7. The molecule has 1 atom stereocenters. The van der Waals surface area contributed by atoms with Crippen LogP contribution in [-0.2, 0) is 14.8 Å². The van der Waals surface area contributed by atoms with Gasteiger partial charge in [0.15, 0.2) is 6.10 Å². The molecule has 7 nitrogen and oxygen atoms in total. The number of benzene rings is 3. The standard InChI is InChI=1S/C26H27N3O4S/c1-19-9-14-24-23(17-19)29(34(31,32)22-7-3-2-4-8-22)18-25(33-24)26(30)27-20-10-12-21(13-11-20)28-15-5-6-16-28/h2-4,7-14,17,25H,5-6,15-16,18H2,1H3,(H,27,30)/t25-/m1/s1. The molecule has 1 fully saturated rings. The van der Waals surface area contributed by atoms with Crippen LogP contribution in [0.5, 0.6) is 5.75 Å². The van der Waals surface area contributed by atoms with Crippen LogP contribution in [0.3, 0.4) is 0 Å². The lowest BCUT2D eigenvalue weighted by Gasteiger charge is -2.35. The van der Waals surface area contributed by atoms with Gasteiger partial charge in [-0.2, -0.15) is 0 Å². The van der Waals surface area contributed by atoms with Crippen molar-refractivity contribution in [3.8, 4) is 5.75 Å². The minimum absolute atomic E-state index is 0.120. The maximum Gasteiger partial charge on any atom is 0.267 e. The van der Waals surface area contributed by atoms with Crippen molar-refractivity contribution in [2.75, 3.05) is 34.2 Å². The number of carbonyl (C=O) groups is 1. The number of aryl methyl sites for hydroxylation is 1. The lowest BCUT2D eigenvalue weighted by atomic mass is 10.1. The molecule has 0 aliphatic carbocycles. The first-order valence-electron chi connectivity index (χ1n) is 11.4. The van der Waals surface area contributed by atoms with Gasteiger partial charge >= 0.3 is 0 Å². The summed E-state index contributed by atoms with van der Waals surface area (Å²) in [7, 11) is -3.88. The highest BCUT2D eigenvalue weighted by atomic mass is 32.2. The molecule has 0 saturated carbocycles. The molecule has 0 spiro atoms. The Bertz CT molecular complexity index is 1290. The van der Waals surface area contributed by atoms with Gasteiger partial charge in [-0.25, -0.2) is 8.42 Å². The van der Waals surface area contributed by atoms with E-state index in [-0.39, 0.29) is 11.4 Å². The Hall–Kier alpha value is -3.52. The summed E-state index contributed by atoms with van der Waals surface area (Å²) in [6.07, 6.45) is 1.40. The molecular weight excluding hydrogens is 450 g/mol. The third-order valence-corrected chi connectivity index (χ3v) is 8.01. The number of carbonyl (C=O) groups excluding carboxylic acids is 1. The lowest BCUT2D eigenvalue weighted by Crippen LogP contribution is -2.48. The SMILES string of the molecule is Cc1ccc2c(c1)N(S(=O)(=O)c1ccccc1)C[C@H](C(=O)Nc1ccc(N3CCCC3)cc1)O2. The Morgan fingerprint density at radius 3 is 2.38 bits per heavy atom. The molecule has 2 aliphatic heterocycles. The number of ether oxygens (including phenoxy) is 1. The molecule has 2 heterocycles. The molecule has 1 N–H and O–H groups in total. The average molecular weight is 478 g/mol. The number of nitrogens with one attached hydrogen (secondary N) is 1. The Kier molecular flexibility index (Phi) is 5.91. The van der Waals surface area contributed by atoms with Crippen LogP contribution >= 0.6 is 0 Å². The van der Waals surface area contributed by atoms with Gasteiger partial charge in [-0.1, -0.05) is 24.3 Å². The van der Waals surface area contributed by atoms with E-state index in [1.807, 2.05) is 37.3 Å². The Balaban J connectivity index is 1.39. The smallest absolute Gasteiger partial charge is 0.267 e. The van der Waals surface area contributed by atoms with Gasteiger partial charge in [0.05, 0.1) is 17.1 Å². The molecule has 0 unspecified atom stereocenters. The number of anilines is 3. The second-order valence-electron chi connectivity index (χ2n) is 8.66. The summed E-state index contributed by atoms with van der Waals surface area (Å²) in [5, 5.41) is 2.88. The van der Waals surface area contributed by atoms with Crippen LogP contribution in [0.15, 0.2) is 77.7 Å². The molecule has 34 heavy (non-hydrogen) atoms. The van der Waals surface area contributed by atoms with E-state index in [4.69, 9.17) is 4.74 Å². The maximum absolute atomic E-state index is 13.5. The predicted octanol–water partition coefficient (Wildman–Crippen LogP) is 4.19. The number of hydrogen-bond acceptors (Lipinski definition) is 5. The van der Waals surface area contributed by atoms with Crippen molar-refractivity contribution in [1.82, 2.24) is 0 Å². The largest absolute Gasteiger partial charge is 0.476 e. The van der Waals surface area contributed by atoms with E-state index < -0.39 is 22.0 Å². The molecule has 1 amide bonds. The highest BCUT2D eigenvalue weighted by molar-refractivity contribution is 7.92. The Morgan fingerprint density at radius 1 is 0.971 bits per heavy atom. The molecule has 0 aromatic heterocycles. The minimum atomic E-state index is -3.88. The maximum atomic E-state index is 13.5. The van der Waals surface area contributed by atoms with Crippen molar-refractivity contribution in [2.45, 2.75) is 30.8 Å². The van der Waals surface area contributed by atoms with Gasteiger partial charge in [-0.3, -0.25) is 9.10 Å². The summed E-state index contributed by atoms with van der Waals surface area (Å²) >= 11 is 0. The minimum Gasteiger partial charge on any atom is -0.476 e. The molecule has 5 rings (SSSR count). The van der Waals surface area contributed by atoms with Crippen molar-refractivity contribution in [1.29, 1.82) is 0 Å². The van der Waals surface area contributed by atoms with Gasteiger partial charge in [0.1, 0.15) is 5.75 Å². The molecular formula is C26H27N3O4S. The molecule has 176 valence electrons. The molecule has 0 bridgehead atoms. The Morgan fingerprint density at radius 2 is 1.68 bits per heavy atom. The third kappa shape index (κ3) is 4.33. The van der Waals surface area contributed by atoms with Crippen molar-refractivity contribution in [2.24, 2.45) is 0 Å². The molecule has 0 radical (unpaired) electrons. The fourth-order valence-electron chi connectivity index (χ4n) is 4.40. The average Bonchev–Trinajstić information content (AvgIpc) is 3.39. The van der Waals surface area contributed by atoms with E-state index in [0.29, 0.717) is 17.1 Å². The number of amides is 1.